The van der Waals surface area contributed by atoms with Gasteiger partial charge in [0, 0.05) is 25.7 Å². The minimum absolute atomic E-state index is 0.187. The first-order valence-electron chi connectivity index (χ1n) is 6.72. The lowest BCUT2D eigenvalue weighted by Gasteiger charge is -2.37. The van der Waals surface area contributed by atoms with E-state index in [-0.39, 0.29) is 11.9 Å². The largest absolute Gasteiger partial charge is 0.451 e. The average molecular weight is 288 g/mol. The van der Waals surface area contributed by atoms with E-state index >= 15 is 0 Å². The van der Waals surface area contributed by atoms with Crippen molar-refractivity contribution >= 4 is 11.6 Å². The van der Waals surface area contributed by atoms with Gasteiger partial charge in [0.1, 0.15) is 11.6 Å². The first kappa shape index (κ1) is 14.9. The van der Waals surface area contributed by atoms with Gasteiger partial charge in [0.25, 0.3) is 0 Å². The van der Waals surface area contributed by atoms with Gasteiger partial charge in [-0.1, -0.05) is 6.92 Å². The molecule has 2 rings (SSSR count). The molecule has 112 valence electrons. The molecule has 0 amide bonds. The van der Waals surface area contributed by atoms with Crippen LogP contribution in [0.1, 0.15) is 32.5 Å². The lowest BCUT2D eigenvalue weighted by atomic mass is 9.95. The van der Waals surface area contributed by atoms with Crippen molar-refractivity contribution in [3.63, 3.8) is 0 Å². The maximum absolute atomic E-state index is 12.9. The molecule has 0 saturated carbocycles. The molecule has 20 heavy (non-hydrogen) atoms. The minimum Gasteiger partial charge on any atom is -0.373 e. The molecule has 1 fully saturated rings. The second-order valence-electron chi connectivity index (χ2n) is 5.37. The Hall–Kier alpha value is -1.53. The number of halogens is 3. The Labute approximate surface area is 116 Å². The highest BCUT2D eigenvalue weighted by Gasteiger charge is 2.36. The van der Waals surface area contributed by atoms with E-state index in [0.29, 0.717) is 11.7 Å². The fourth-order valence-electron chi connectivity index (χ4n) is 2.44. The van der Waals surface area contributed by atoms with E-state index in [1.54, 1.807) is 13.1 Å². The van der Waals surface area contributed by atoms with E-state index in [2.05, 4.69) is 22.2 Å². The minimum atomic E-state index is -4.54. The molecule has 0 spiro atoms. The summed E-state index contributed by atoms with van der Waals surface area (Å²) in [5, 5.41) is 2.67. The topological polar surface area (TPSA) is 41.0 Å². The lowest BCUT2D eigenvalue weighted by Crippen LogP contribution is -2.41. The second kappa shape index (κ2) is 5.46. The van der Waals surface area contributed by atoms with E-state index in [1.165, 1.54) is 0 Å². The number of aromatic nitrogens is 2. The number of hydrogen-bond donors (Lipinski definition) is 1. The molecule has 0 aliphatic carbocycles. The molecule has 0 aromatic carbocycles. The zero-order chi connectivity index (χ0) is 14.9. The molecule has 1 saturated heterocycles. The Bertz CT molecular complexity index is 475. The van der Waals surface area contributed by atoms with Crippen molar-refractivity contribution in [2.75, 3.05) is 23.8 Å². The number of alkyl halides is 3. The Morgan fingerprint density at radius 1 is 1.25 bits per heavy atom. The number of nitrogens with zero attached hydrogens (tertiary/aromatic N) is 3. The number of hydrogen-bond acceptors (Lipinski definition) is 4. The molecule has 1 aliphatic rings. The third kappa shape index (κ3) is 3.13. The molecule has 1 aromatic heterocycles. The quantitative estimate of drug-likeness (QED) is 0.907. The van der Waals surface area contributed by atoms with Crippen LogP contribution in [-0.4, -0.2) is 29.6 Å². The molecule has 4 nitrogen and oxygen atoms in total. The SMILES string of the molecule is CNc1cc(N2CC(C)CCC2C)nc(C(F)(F)F)n1. The molecule has 2 unspecified atom stereocenters. The molecule has 0 bridgehead atoms. The molecule has 2 heterocycles. The predicted molar refractivity (Wildman–Crippen MR) is 71.8 cm³/mol. The summed E-state index contributed by atoms with van der Waals surface area (Å²) < 4.78 is 38.6. The smallest absolute Gasteiger partial charge is 0.373 e. The van der Waals surface area contributed by atoms with E-state index in [4.69, 9.17) is 0 Å². The third-order valence-corrected chi connectivity index (χ3v) is 3.63. The van der Waals surface area contributed by atoms with Crippen LogP contribution in [0.25, 0.3) is 0 Å². The molecule has 2 atom stereocenters. The Morgan fingerprint density at radius 2 is 1.95 bits per heavy atom. The van der Waals surface area contributed by atoms with Crippen molar-refractivity contribution in [1.29, 1.82) is 0 Å². The molecule has 1 aliphatic heterocycles. The van der Waals surface area contributed by atoms with E-state index in [9.17, 15) is 13.2 Å². The van der Waals surface area contributed by atoms with Crippen LogP contribution in [0.15, 0.2) is 6.07 Å². The first-order valence-corrected chi connectivity index (χ1v) is 6.72. The number of nitrogens with one attached hydrogen (secondary N) is 1. The summed E-state index contributed by atoms with van der Waals surface area (Å²) in [5.41, 5.74) is 0. The zero-order valence-electron chi connectivity index (χ0n) is 11.8. The molecule has 0 radical (unpaired) electrons. The van der Waals surface area contributed by atoms with Gasteiger partial charge in [0.2, 0.25) is 5.82 Å². The van der Waals surface area contributed by atoms with Gasteiger partial charge in [0.05, 0.1) is 0 Å². The van der Waals surface area contributed by atoms with Crippen LogP contribution in [0.5, 0.6) is 0 Å². The van der Waals surface area contributed by atoms with Crippen LogP contribution in [-0.2, 0) is 6.18 Å². The van der Waals surface area contributed by atoms with E-state index in [1.807, 2.05) is 11.8 Å². The van der Waals surface area contributed by atoms with Gasteiger partial charge in [-0.2, -0.15) is 13.2 Å². The summed E-state index contributed by atoms with van der Waals surface area (Å²) >= 11 is 0. The fraction of sp³-hybridized carbons (Fsp3) is 0.692. The molecule has 7 heteroatoms. The molecular weight excluding hydrogens is 269 g/mol. The standard InChI is InChI=1S/C13H19F3N4/c1-8-4-5-9(2)20(7-8)11-6-10(17-3)18-12(19-11)13(14,15)16/h6,8-9H,4-5,7H2,1-3H3,(H,17,18,19). The van der Waals surface area contributed by atoms with Gasteiger partial charge in [-0.15, -0.1) is 0 Å². The van der Waals surface area contributed by atoms with Crippen LogP contribution in [0.2, 0.25) is 0 Å². The van der Waals surface area contributed by atoms with Gasteiger partial charge in [0.15, 0.2) is 0 Å². The van der Waals surface area contributed by atoms with Crippen LogP contribution >= 0.6 is 0 Å². The van der Waals surface area contributed by atoms with Crippen molar-refractivity contribution in [2.24, 2.45) is 5.92 Å². The Morgan fingerprint density at radius 3 is 2.55 bits per heavy atom. The third-order valence-electron chi connectivity index (χ3n) is 3.63. The van der Waals surface area contributed by atoms with Gasteiger partial charge in [-0.25, -0.2) is 9.97 Å². The van der Waals surface area contributed by atoms with Crippen molar-refractivity contribution in [1.82, 2.24) is 9.97 Å². The maximum atomic E-state index is 12.9. The zero-order valence-corrected chi connectivity index (χ0v) is 11.8. The Kier molecular flexibility index (Phi) is 4.06. The van der Waals surface area contributed by atoms with Crippen molar-refractivity contribution in [3.05, 3.63) is 11.9 Å². The van der Waals surface area contributed by atoms with E-state index < -0.39 is 12.0 Å². The van der Waals surface area contributed by atoms with Crippen LogP contribution in [0.3, 0.4) is 0 Å². The summed E-state index contributed by atoms with van der Waals surface area (Å²) in [5.74, 6) is -0.109. The lowest BCUT2D eigenvalue weighted by molar-refractivity contribution is -0.144. The van der Waals surface area contributed by atoms with Crippen molar-refractivity contribution in [2.45, 2.75) is 38.9 Å². The molecular formula is C13H19F3N4. The maximum Gasteiger partial charge on any atom is 0.451 e. The second-order valence-corrected chi connectivity index (χ2v) is 5.37. The van der Waals surface area contributed by atoms with Crippen molar-refractivity contribution < 1.29 is 13.2 Å². The molecule has 1 aromatic rings. The predicted octanol–water partition coefficient (Wildman–Crippen LogP) is 3.16. The number of anilines is 2. The summed E-state index contributed by atoms with van der Waals surface area (Å²) in [6, 6.07) is 1.76. The van der Waals surface area contributed by atoms with Crippen LogP contribution in [0, 0.1) is 5.92 Å². The van der Waals surface area contributed by atoms with Gasteiger partial charge >= 0.3 is 6.18 Å². The summed E-state index contributed by atoms with van der Waals surface area (Å²) in [4.78, 5) is 9.14. The highest BCUT2D eigenvalue weighted by atomic mass is 19.4. The van der Waals surface area contributed by atoms with Crippen LogP contribution in [0.4, 0.5) is 24.8 Å². The van der Waals surface area contributed by atoms with Gasteiger partial charge in [-0.3, -0.25) is 0 Å². The monoisotopic (exact) mass is 288 g/mol. The van der Waals surface area contributed by atoms with E-state index in [0.717, 1.165) is 19.4 Å². The van der Waals surface area contributed by atoms with Crippen molar-refractivity contribution in [3.8, 4) is 0 Å². The highest BCUT2D eigenvalue weighted by Crippen LogP contribution is 2.32. The number of piperidine rings is 1. The average Bonchev–Trinajstić information content (AvgIpc) is 2.40. The summed E-state index contributed by atoms with van der Waals surface area (Å²) in [7, 11) is 1.55. The molecule has 1 N–H and O–H groups in total. The van der Waals surface area contributed by atoms with Crippen LogP contribution < -0.4 is 10.2 Å². The first-order chi connectivity index (χ1) is 9.31. The summed E-state index contributed by atoms with van der Waals surface area (Å²) in [6.07, 6.45) is -2.48. The van der Waals surface area contributed by atoms with Gasteiger partial charge < -0.3 is 10.2 Å². The normalized spacial score (nSPS) is 23.8. The van der Waals surface area contributed by atoms with Gasteiger partial charge in [-0.05, 0) is 25.7 Å². The highest BCUT2D eigenvalue weighted by molar-refractivity contribution is 5.50. The Balaban J connectivity index is 2.39. The number of rotatable bonds is 2. The summed E-state index contributed by atoms with van der Waals surface area (Å²) in [6.45, 7) is 4.84. The fourth-order valence-corrected chi connectivity index (χ4v) is 2.44.